The summed E-state index contributed by atoms with van der Waals surface area (Å²) in [6.45, 7) is 0. The Kier molecular flexibility index (Phi) is 4.57. The Morgan fingerprint density at radius 3 is 2.00 bits per heavy atom. The third-order valence-electron chi connectivity index (χ3n) is 5.85. The average molecular weight is 415 g/mol. The van der Waals surface area contributed by atoms with Gasteiger partial charge in [0.2, 0.25) is 10.0 Å². The summed E-state index contributed by atoms with van der Waals surface area (Å²) in [6, 6.07) is 30.4. The van der Waals surface area contributed by atoms with Gasteiger partial charge in [0.25, 0.3) is 0 Å². The first-order valence-electron chi connectivity index (χ1n) is 9.93. The lowest BCUT2D eigenvalue weighted by atomic mass is 10.0. The normalized spacial score (nSPS) is 17.9. The number of sulfonamides is 1. The Morgan fingerprint density at radius 1 is 0.733 bits per heavy atom. The molecule has 150 valence electrons. The predicted octanol–water partition coefficient (Wildman–Crippen LogP) is 5.05. The summed E-state index contributed by atoms with van der Waals surface area (Å²) >= 11 is 0. The van der Waals surface area contributed by atoms with Gasteiger partial charge in [-0.25, -0.2) is 13.1 Å². The summed E-state index contributed by atoms with van der Waals surface area (Å²) in [5.41, 5.74) is 3.18. The zero-order valence-corrected chi connectivity index (χ0v) is 17.4. The van der Waals surface area contributed by atoms with E-state index in [2.05, 4.69) is 27.8 Å². The monoisotopic (exact) mass is 414 g/mol. The SMILES string of the molecule is CN(c1ccccc1)[C@H]1c2cccc3cccc(c23)[C@H]1NS(=O)(=O)c1ccccc1. The highest BCUT2D eigenvalue weighted by atomic mass is 32.2. The highest BCUT2D eigenvalue weighted by Crippen LogP contribution is 2.48. The predicted molar refractivity (Wildman–Crippen MR) is 121 cm³/mol. The second-order valence-electron chi connectivity index (χ2n) is 7.60. The van der Waals surface area contributed by atoms with Crippen LogP contribution in [0.1, 0.15) is 23.2 Å². The molecule has 1 N–H and O–H groups in total. The quantitative estimate of drug-likeness (QED) is 0.497. The van der Waals surface area contributed by atoms with Crippen molar-refractivity contribution in [3.8, 4) is 0 Å². The number of rotatable bonds is 5. The molecule has 1 aliphatic carbocycles. The molecule has 0 radical (unpaired) electrons. The van der Waals surface area contributed by atoms with Gasteiger partial charge in [-0.3, -0.25) is 0 Å². The van der Waals surface area contributed by atoms with E-state index in [1.165, 1.54) is 0 Å². The first kappa shape index (κ1) is 18.9. The van der Waals surface area contributed by atoms with Crippen molar-refractivity contribution in [3.63, 3.8) is 0 Å². The lowest BCUT2D eigenvalue weighted by Gasteiger charge is -2.33. The van der Waals surface area contributed by atoms with E-state index in [0.29, 0.717) is 0 Å². The molecule has 0 aliphatic heterocycles. The van der Waals surface area contributed by atoms with Crippen LogP contribution in [0, 0.1) is 0 Å². The van der Waals surface area contributed by atoms with Gasteiger partial charge in [0, 0.05) is 12.7 Å². The highest BCUT2D eigenvalue weighted by molar-refractivity contribution is 7.89. The number of hydrogen-bond donors (Lipinski definition) is 1. The van der Waals surface area contributed by atoms with Crippen LogP contribution in [0.15, 0.2) is 102 Å². The molecule has 0 saturated carbocycles. The minimum Gasteiger partial charge on any atom is -0.366 e. The highest BCUT2D eigenvalue weighted by Gasteiger charge is 2.39. The van der Waals surface area contributed by atoms with Crippen molar-refractivity contribution in [1.82, 2.24) is 4.72 Å². The van der Waals surface area contributed by atoms with Crippen LogP contribution < -0.4 is 9.62 Å². The molecule has 0 spiro atoms. The first-order chi connectivity index (χ1) is 14.6. The van der Waals surface area contributed by atoms with E-state index in [-0.39, 0.29) is 10.9 Å². The third-order valence-corrected chi connectivity index (χ3v) is 7.31. The lowest BCUT2D eigenvalue weighted by molar-refractivity contribution is 0.505. The van der Waals surface area contributed by atoms with Crippen molar-refractivity contribution >= 4 is 26.5 Å². The van der Waals surface area contributed by atoms with Gasteiger partial charge in [0.15, 0.2) is 0 Å². The average Bonchev–Trinajstić information content (AvgIpc) is 3.09. The fraction of sp³-hybridized carbons (Fsp3) is 0.120. The summed E-state index contributed by atoms with van der Waals surface area (Å²) in [5, 5.41) is 2.26. The van der Waals surface area contributed by atoms with Crippen LogP contribution in [0.5, 0.6) is 0 Å². The van der Waals surface area contributed by atoms with Gasteiger partial charge in [0.05, 0.1) is 17.0 Å². The number of nitrogens with zero attached hydrogens (tertiary/aromatic N) is 1. The molecular weight excluding hydrogens is 392 g/mol. The van der Waals surface area contributed by atoms with E-state index >= 15 is 0 Å². The lowest BCUT2D eigenvalue weighted by Crippen LogP contribution is -2.37. The van der Waals surface area contributed by atoms with E-state index in [9.17, 15) is 8.42 Å². The Morgan fingerprint density at radius 2 is 1.33 bits per heavy atom. The van der Waals surface area contributed by atoms with Gasteiger partial charge in [-0.2, -0.15) is 0 Å². The largest absolute Gasteiger partial charge is 0.366 e. The molecule has 0 amide bonds. The van der Waals surface area contributed by atoms with E-state index in [0.717, 1.165) is 27.6 Å². The summed E-state index contributed by atoms with van der Waals surface area (Å²) in [7, 11) is -1.66. The minimum atomic E-state index is -3.68. The number of hydrogen-bond acceptors (Lipinski definition) is 3. The molecular formula is C25H22N2O2S. The number of nitrogens with one attached hydrogen (secondary N) is 1. The fourth-order valence-corrected chi connectivity index (χ4v) is 5.72. The Labute approximate surface area is 176 Å². The standard InChI is InChI=1S/C25H22N2O2S/c1-27(19-12-4-2-5-13-19)25-22-17-9-11-18-10-8-16-21(23(18)22)24(25)26-30(28,29)20-14-6-3-7-15-20/h2-17,24-26H,1H3/t24-,25+/m1/s1. The molecule has 2 atom stereocenters. The smallest absolute Gasteiger partial charge is 0.241 e. The summed E-state index contributed by atoms with van der Waals surface area (Å²) in [5.74, 6) is 0. The van der Waals surface area contributed by atoms with Gasteiger partial charge >= 0.3 is 0 Å². The third kappa shape index (κ3) is 3.07. The van der Waals surface area contributed by atoms with Gasteiger partial charge in [0.1, 0.15) is 0 Å². The zero-order chi connectivity index (χ0) is 20.7. The van der Waals surface area contributed by atoms with Crippen LogP contribution in [0.25, 0.3) is 10.8 Å². The van der Waals surface area contributed by atoms with Crippen LogP contribution in [0.4, 0.5) is 5.69 Å². The molecule has 0 aromatic heterocycles. The number of para-hydroxylation sites is 1. The Hall–Kier alpha value is -3.15. The zero-order valence-electron chi connectivity index (χ0n) is 16.6. The van der Waals surface area contributed by atoms with Gasteiger partial charge < -0.3 is 4.90 Å². The van der Waals surface area contributed by atoms with E-state index in [1.807, 2.05) is 61.6 Å². The number of anilines is 1. The van der Waals surface area contributed by atoms with Crippen molar-refractivity contribution in [3.05, 3.63) is 108 Å². The summed E-state index contributed by atoms with van der Waals surface area (Å²) in [4.78, 5) is 2.43. The number of likely N-dealkylation sites (N-methyl/N-ethyl adjacent to an activating group) is 1. The van der Waals surface area contributed by atoms with Gasteiger partial charge in [-0.15, -0.1) is 0 Å². The molecule has 30 heavy (non-hydrogen) atoms. The maximum atomic E-state index is 13.2. The van der Waals surface area contributed by atoms with Crippen molar-refractivity contribution in [1.29, 1.82) is 0 Å². The molecule has 0 bridgehead atoms. The van der Waals surface area contributed by atoms with Crippen molar-refractivity contribution in [2.45, 2.75) is 17.0 Å². The molecule has 4 aromatic carbocycles. The topological polar surface area (TPSA) is 49.4 Å². The van der Waals surface area contributed by atoms with Crippen molar-refractivity contribution in [2.75, 3.05) is 11.9 Å². The molecule has 1 aliphatic rings. The van der Waals surface area contributed by atoms with E-state index in [1.54, 1.807) is 24.3 Å². The van der Waals surface area contributed by atoms with Crippen LogP contribution in [-0.2, 0) is 10.0 Å². The molecule has 0 heterocycles. The van der Waals surface area contributed by atoms with E-state index < -0.39 is 16.1 Å². The second-order valence-corrected chi connectivity index (χ2v) is 9.31. The molecule has 5 heteroatoms. The molecule has 0 unspecified atom stereocenters. The summed E-state index contributed by atoms with van der Waals surface area (Å²) < 4.78 is 29.5. The maximum absolute atomic E-state index is 13.2. The van der Waals surface area contributed by atoms with Crippen LogP contribution in [-0.4, -0.2) is 15.5 Å². The van der Waals surface area contributed by atoms with Crippen LogP contribution in [0.2, 0.25) is 0 Å². The Balaban J connectivity index is 1.65. The van der Waals surface area contributed by atoms with Crippen LogP contribution >= 0.6 is 0 Å². The maximum Gasteiger partial charge on any atom is 0.241 e. The Bertz CT molecular complexity index is 1300. The van der Waals surface area contributed by atoms with Gasteiger partial charge in [-0.1, -0.05) is 72.8 Å². The number of benzene rings is 4. The minimum absolute atomic E-state index is 0.160. The molecule has 5 rings (SSSR count). The van der Waals surface area contributed by atoms with Crippen molar-refractivity contribution in [2.24, 2.45) is 0 Å². The fourth-order valence-electron chi connectivity index (χ4n) is 4.47. The van der Waals surface area contributed by atoms with Crippen LogP contribution in [0.3, 0.4) is 0 Å². The molecule has 0 fully saturated rings. The first-order valence-corrected chi connectivity index (χ1v) is 11.4. The molecule has 4 nitrogen and oxygen atoms in total. The van der Waals surface area contributed by atoms with Gasteiger partial charge in [-0.05, 0) is 46.2 Å². The molecule has 0 saturated heterocycles. The summed E-state index contributed by atoms with van der Waals surface area (Å²) in [6.07, 6.45) is 0. The molecule has 4 aromatic rings. The van der Waals surface area contributed by atoms with E-state index in [4.69, 9.17) is 0 Å². The second kappa shape index (κ2) is 7.27. The van der Waals surface area contributed by atoms with Crippen molar-refractivity contribution < 1.29 is 8.42 Å².